The summed E-state index contributed by atoms with van der Waals surface area (Å²) in [6.07, 6.45) is 1.70. The van der Waals surface area contributed by atoms with Crippen molar-refractivity contribution in [3.63, 3.8) is 0 Å². The van der Waals surface area contributed by atoms with Crippen molar-refractivity contribution in [2.24, 2.45) is 0 Å². The number of ether oxygens (including phenoxy) is 1. The van der Waals surface area contributed by atoms with E-state index in [1.54, 1.807) is 36.5 Å². The lowest BCUT2D eigenvalue weighted by Crippen LogP contribution is -2.27. The number of amides is 1. The average molecular weight is 391 g/mol. The van der Waals surface area contributed by atoms with E-state index in [-0.39, 0.29) is 22.6 Å². The van der Waals surface area contributed by atoms with Crippen LogP contribution in [0.15, 0.2) is 42.6 Å². The Balaban J connectivity index is 1.69. The van der Waals surface area contributed by atoms with Gasteiger partial charge in [0, 0.05) is 30.4 Å². The first kappa shape index (κ1) is 18.7. The van der Waals surface area contributed by atoms with Crippen LogP contribution in [-0.2, 0) is 13.1 Å². The van der Waals surface area contributed by atoms with Crippen LogP contribution in [0, 0.1) is 17.1 Å². The molecule has 1 aromatic heterocycles. The van der Waals surface area contributed by atoms with Crippen molar-refractivity contribution in [3.8, 4) is 22.9 Å². The van der Waals surface area contributed by atoms with Crippen LogP contribution < -0.4 is 15.4 Å². The molecule has 1 amide bonds. The standard InChI is InChI=1S/C21H18FN5O2/c1-29-18-7-3-5-14(20(18)22)13-4-2-6-16(15(13)10-23)26-21(28)17-12-27-9-8-24-11-19(27)25-17/h2-7,12,24H,8-9,11H2,1H3,(H,26,28). The normalized spacial score (nSPS) is 12.7. The number of rotatable bonds is 4. The number of imidazole rings is 1. The zero-order valence-corrected chi connectivity index (χ0v) is 15.7. The molecule has 1 aliphatic heterocycles. The van der Waals surface area contributed by atoms with Crippen molar-refractivity contribution in [3.05, 3.63) is 65.5 Å². The number of halogens is 1. The third kappa shape index (κ3) is 3.44. The van der Waals surface area contributed by atoms with Crippen molar-refractivity contribution in [1.29, 1.82) is 5.26 Å². The predicted molar refractivity (Wildman–Crippen MR) is 105 cm³/mol. The quantitative estimate of drug-likeness (QED) is 0.714. The molecule has 2 heterocycles. The van der Waals surface area contributed by atoms with Crippen LogP contribution in [0.25, 0.3) is 11.1 Å². The molecule has 2 aromatic carbocycles. The molecule has 0 unspecified atom stereocenters. The Labute approximate surface area is 166 Å². The Morgan fingerprint density at radius 1 is 1.31 bits per heavy atom. The van der Waals surface area contributed by atoms with Crippen molar-refractivity contribution in [1.82, 2.24) is 14.9 Å². The van der Waals surface area contributed by atoms with E-state index in [0.717, 1.165) is 18.9 Å². The topological polar surface area (TPSA) is 92.0 Å². The number of hydrogen-bond donors (Lipinski definition) is 2. The van der Waals surface area contributed by atoms with Gasteiger partial charge in [-0.15, -0.1) is 0 Å². The lowest BCUT2D eigenvalue weighted by Gasteiger charge is -2.13. The highest BCUT2D eigenvalue weighted by Gasteiger charge is 2.20. The van der Waals surface area contributed by atoms with E-state index in [1.165, 1.54) is 13.2 Å². The number of nitrogens with one attached hydrogen (secondary N) is 2. The third-order valence-corrected chi connectivity index (χ3v) is 4.80. The number of nitriles is 1. The number of carbonyl (C=O) groups excluding carboxylic acids is 1. The maximum absolute atomic E-state index is 14.7. The number of hydrogen-bond acceptors (Lipinski definition) is 5. The minimum Gasteiger partial charge on any atom is -0.494 e. The summed E-state index contributed by atoms with van der Waals surface area (Å²) >= 11 is 0. The van der Waals surface area contributed by atoms with E-state index < -0.39 is 11.7 Å². The average Bonchev–Trinajstić information content (AvgIpc) is 3.18. The van der Waals surface area contributed by atoms with Crippen LogP contribution in [0.2, 0.25) is 0 Å². The molecule has 8 heteroatoms. The maximum atomic E-state index is 14.7. The van der Waals surface area contributed by atoms with Gasteiger partial charge in [0.2, 0.25) is 0 Å². The maximum Gasteiger partial charge on any atom is 0.275 e. The van der Waals surface area contributed by atoms with Crippen molar-refractivity contribution in [2.45, 2.75) is 13.1 Å². The number of methoxy groups -OCH3 is 1. The molecule has 4 rings (SSSR count). The zero-order valence-electron chi connectivity index (χ0n) is 15.7. The highest BCUT2D eigenvalue weighted by molar-refractivity contribution is 6.04. The van der Waals surface area contributed by atoms with Gasteiger partial charge in [-0.05, 0) is 12.1 Å². The molecule has 29 heavy (non-hydrogen) atoms. The summed E-state index contributed by atoms with van der Waals surface area (Å²) in [5.74, 6) is -0.122. The molecule has 3 aromatic rings. The van der Waals surface area contributed by atoms with E-state index in [4.69, 9.17) is 4.74 Å². The van der Waals surface area contributed by atoms with Gasteiger partial charge in [0.15, 0.2) is 11.6 Å². The smallest absolute Gasteiger partial charge is 0.275 e. The number of benzene rings is 2. The van der Waals surface area contributed by atoms with Crippen LogP contribution in [0.4, 0.5) is 10.1 Å². The second-order valence-electron chi connectivity index (χ2n) is 6.53. The Bertz CT molecular complexity index is 1110. The Morgan fingerprint density at radius 3 is 2.86 bits per heavy atom. The summed E-state index contributed by atoms with van der Waals surface area (Å²) in [5, 5.41) is 15.6. The summed E-state index contributed by atoms with van der Waals surface area (Å²) < 4.78 is 21.7. The SMILES string of the molecule is COc1cccc(-c2cccc(NC(=O)c3cn4c(n3)CNCC4)c2C#N)c1F. The Kier molecular flexibility index (Phi) is 4.97. The first-order valence-electron chi connectivity index (χ1n) is 9.06. The van der Waals surface area contributed by atoms with Gasteiger partial charge in [-0.1, -0.05) is 24.3 Å². The summed E-state index contributed by atoms with van der Waals surface area (Å²) in [4.78, 5) is 17.1. The second kappa shape index (κ2) is 7.73. The molecule has 0 radical (unpaired) electrons. The summed E-state index contributed by atoms with van der Waals surface area (Å²) in [5.41, 5.74) is 1.32. The third-order valence-electron chi connectivity index (χ3n) is 4.80. The fraction of sp³-hybridized carbons (Fsp3) is 0.190. The van der Waals surface area contributed by atoms with E-state index in [2.05, 4.69) is 21.7 Å². The minimum absolute atomic E-state index is 0.0815. The van der Waals surface area contributed by atoms with Crippen LogP contribution in [-0.4, -0.2) is 29.1 Å². The van der Waals surface area contributed by atoms with E-state index >= 15 is 0 Å². The largest absolute Gasteiger partial charge is 0.494 e. The van der Waals surface area contributed by atoms with Crippen molar-refractivity contribution in [2.75, 3.05) is 19.0 Å². The molecule has 0 atom stereocenters. The number of anilines is 1. The minimum atomic E-state index is -0.566. The molecular weight excluding hydrogens is 373 g/mol. The van der Waals surface area contributed by atoms with Gasteiger partial charge in [-0.3, -0.25) is 4.79 Å². The fourth-order valence-electron chi connectivity index (χ4n) is 3.36. The molecule has 1 aliphatic rings. The second-order valence-corrected chi connectivity index (χ2v) is 6.53. The van der Waals surface area contributed by atoms with Crippen LogP contribution in [0.5, 0.6) is 5.75 Å². The Morgan fingerprint density at radius 2 is 2.10 bits per heavy atom. The van der Waals surface area contributed by atoms with E-state index in [0.29, 0.717) is 17.8 Å². The zero-order chi connectivity index (χ0) is 20.4. The van der Waals surface area contributed by atoms with Gasteiger partial charge in [-0.25, -0.2) is 9.37 Å². The van der Waals surface area contributed by atoms with Gasteiger partial charge in [-0.2, -0.15) is 5.26 Å². The molecule has 0 saturated heterocycles. The molecule has 7 nitrogen and oxygen atoms in total. The fourth-order valence-corrected chi connectivity index (χ4v) is 3.36. The summed E-state index contributed by atoms with van der Waals surface area (Å²) in [6.45, 7) is 2.15. The molecule has 0 saturated carbocycles. The van der Waals surface area contributed by atoms with Gasteiger partial charge in [0.05, 0.1) is 24.9 Å². The lowest BCUT2D eigenvalue weighted by molar-refractivity contribution is 0.102. The first-order valence-corrected chi connectivity index (χ1v) is 9.06. The molecule has 2 N–H and O–H groups in total. The molecule has 0 aliphatic carbocycles. The van der Waals surface area contributed by atoms with E-state index in [1.807, 2.05) is 4.57 Å². The summed E-state index contributed by atoms with van der Waals surface area (Å²) in [6, 6.07) is 11.7. The van der Waals surface area contributed by atoms with Crippen LogP contribution in [0.3, 0.4) is 0 Å². The van der Waals surface area contributed by atoms with Gasteiger partial charge >= 0.3 is 0 Å². The molecule has 0 bridgehead atoms. The lowest BCUT2D eigenvalue weighted by atomic mass is 9.98. The van der Waals surface area contributed by atoms with Gasteiger partial charge < -0.3 is 19.9 Å². The van der Waals surface area contributed by atoms with Crippen LogP contribution >= 0.6 is 0 Å². The molecular formula is C21H18FN5O2. The number of nitrogens with zero attached hydrogens (tertiary/aromatic N) is 3. The van der Waals surface area contributed by atoms with Crippen molar-refractivity contribution < 1.29 is 13.9 Å². The number of fused-ring (bicyclic) bond motifs is 1. The highest BCUT2D eigenvalue weighted by Crippen LogP contribution is 2.34. The molecule has 0 fully saturated rings. The number of carbonyl (C=O) groups is 1. The number of aromatic nitrogens is 2. The van der Waals surface area contributed by atoms with Gasteiger partial charge in [0.25, 0.3) is 5.91 Å². The van der Waals surface area contributed by atoms with Crippen LogP contribution in [0.1, 0.15) is 21.9 Å². The molecule has 146 valence electrons. The highest BCUT2D eigenvalue weighted by atomic mass is 19.1. The first-order chi connectivity index (χ1) is 14.1. The van der Waals surface area contributed by atoms with Gasteiger partial charge in [0.1, 0.15) is 17.6 Å². The van der Waals surface area contributed by atoms with E-state index in [9.17, 15) is 14.4 Å². The molecule has 0 spiro atoms. The Hall–Kier alpha value is -3.70. The predicted octanol–water partition coefficient (Wildman–Crippen LogP) is 2.92. The summed E-state index contributed by atoms with van der Waals surface area (Å²) in [7, 11) is 1.38. The van der Waals surface area contributed by atoms with Crippen molar-refractivity contribution >= 4 is 11.6 Å². The monoisotopic (exact) mass is 391 g/mol.